The second-order valence-corrected chi connectivity index (χ2v) is 10.3. The molecule has 8 heteroatoms. The van der Waals surface area contributed by atoms with E-state index in [0.717, 1.165) is 56.8 Å². The van der Waals surface area contributed by atoms with E-state index < -0.39 is 15.7 Å². The number of fused-ring (bicyclic) bond motifs is 3. The summed E-state index contributed by atoms with van der Waals surface area (Å²) in [5, 5.41) is 0. The Kier molecular flexibility index (Phi) is 5.90. The summed E-state index contributed by atoms with van der Waals surface area (Å²) in [7, 11) is -3.43. The van der Waals surface area contributed by atoms with Crippen molar-refractivity contribution in [2.45, 2.75) is 63.3 Å². The molecule has 1 aromatic rings. The Morgan fingerprint density at radius 1 is 1.17 bits per heavy atom. The molecule has 0 N–H and O–H groups in total. The Labute approximate surface area is 171 Å². The van der Waals surface area contributed by atoms with Crippen LogP contribution >= 0.6 is 0 Å². The van der Waals surface area contributed by atoms with E-state index in [4.69, 9.17) is 18.4 Å². The lowest BCUT2D eigenvalue weighted by atomic mass is 9.63. The molecule has 5 rings (SSSR count). The SMILES string of the molecule is CS(=O)(=O)OCCC12CCC(c3cc(F)cc(OC4CCCCO4)c3)(CC1)OC2. The Morgan fingerprint density at radius 2 is 1.97 bits per heavy atom. The lowest BCUT2D eigenvalue weighted by Crippen LogP contribution is -2.49. The molecule has 29 heavy (non-hydrogen) atoms. The lowest BCUT2D eigenvalue weighted by Gasteiger charge is -2.53. The van der Waals surface area contributed by atoms with Crippen LogP contribution in [0.5, 0.6) is 5.75 Å². The van der Waals surface area contributed by atoms with E-state index in [1.807, 2.05) is 6.07 Å². The summed E-state index contributed by atoms with van der Waals surface area (Å²) in [6.07, 6.45) is 7.62. The minimum Gasteiger partial charge on any atom is -0.465 e. The minimum absolute atomic E-state index is 0.0605. The van der Waals surface area contributed by atoms with Crippen LogP contribution in [0.3, 0.4) is 0 Å². The van der Waals surface area contributed by atoms with E-state index in [9.17, 15) is 12.8 Å². The van der Waals surface area contributed by atoms with Gasteiger partial charge in [0, 0.05) is 12.5 Å². The first-order valence-corrected chi connectivity index (χ1v) is 12.2. The highest BCUT2D eigenvalue weighted by molar-refractivity contribution is 7.85. The third-order valence-corrected chi connectivity index (χ3v) is 7.10. The van der Waals surface area contributed by atoms with Gasteiger partial charge in [0.2, 0.25) is 0 Å². The van der Waals surface area contributed by atoms with Gasteiger partial charge in [-0.15, -0.1) is 0 Å². The third-order valence-electron chi connectivity index (χ3n) is 6.51. The minimum atomic E-state index is -3.43. The number of benzene rings is 1. The first-order valence-electron chi connectivity index (χ1n) is 10.4. The van der Waals surface area contributed by atoms with Gasteiger partial charge < -0.3 is 14.2 Å². The van der Waals surface area contributed by atoms with E-state index in [0.29, 0.717) is 25.4 Å². The second-order valence-electron chi connectivity index (χ2n) is 8.65. The standard InChI is InChI=1S/C21H29FO6S/c1-29(23,24)27-11-9-20-5-7-21(8-6-20,26-15-20)16-12-17(22)14-18(13-16)28-19-4-2-3-10-25-19/h12-14,19H,2-11,15H2,1H3. The molecule has 4 fully saturated rings. The van der Waals surface area contributed by atoms with Crippen molar-refractivity contribution in [2.75, 3.05) is 26.1 Å². The zero-order valence-electron chi connectivity index (χ0n) is 16.8. The van der Waals surface area contributed by atoms with E-state index >= 15 is 0 Å². The zero-order chi connectivity index (χ0) is 20.5. The molecular weight excluding hydrogens is 399 g/mol. The summed E-state index contributed by atoms with van der Waals surface area (Å²) < 4.78 is 59.5. The number of rotatable bonds is 7. The van der Waals surface area contributed by atoms with E-state index in [-0.39, 0.29) is 24.1 Å². The predicted octanol–water partition coefficient (Wildman–Crippen LogP) is 3.88. The second kappa shape index (κ2) is 8.13. The van der Waals surface area contributed by atoms with Crippen LogP contribution in [0.25, 0.3) is 0 Å². The van der Waals surface area contributed by atoms with Crippen molar-refractivity contribution in [1.82, 2.24) is 0 Å². The zero-order valence-corrected chi connectivity index (χ0v) is 17.6. The maximum atomic E-state index is 14.4. The highest BCUT2D eigenvalue weighted by Gasteiger charge is 2.50. The maximum absolute atomic E-state index is 14.4. The average Bonchev–Trinajstić information content (AvgIpc) is 2.69. The largest absolute Gasteiger partial charge is 0.465 e. The molecule has 1 aromatic carbocycles. The summed E-state index contributed by atoms with van der Waals surface area (Å²) >= 11 is 0. The molecule has 6 nitrogen and oxygen atoms in total. The van der Waals surface area contributed by atoms with Crippen molar-refractivity contribution >= 4 is 10.1 Å². The summed E-state index contributed by atoms with van der Waals surface area (Å²) in [5.74, 6) is 0.143. The van der Waals surface area contributed by atoms with Gasteiger partial charge in [-0.2, -0.15) is 8.42 Å². The topological polar surface area (TPSA) is 71.1 Å². The molecule has 3 aliphatic heterocycles. The van der Waals surface area contributed by atoms with E-state index in [2.05, 4.69) is 0 Å². The van der Waals surface area contributed by atoms with Crippen molar-refractivity contribution in [1.29, 1.82) is 0 Å². The molecular formula is C21H29FO6S. The molecule has 3 heterocycles. The van der Waals surface area contributed by atoms with Crippen LogP contribution < -0.4 is 4.74 Å². The van der Waals surface area contributed by atoms with Gasteiger partial charge in [-0.25, -0.2) is 4.39 Å². The van der Waals surface area contributed by atoms with Crippen LogP contribution in [0.2, 0.25) is 0 Å². The fourth-order valence-corrected chi connectivity index (χ4v) is 5.10. The molecule has 2 bridgehead atoms. The fraction of sp³-hybridized carbons (Fsp3) is 0.714. The van der Waals surface area contributed by atoms with Crippen molar-refractivity contribution < 1.29 is 31.2 Å². The van der Waals surface area contributed by atoms with Gasteiger partial charge in [-0.1, -0.05) is 0 Å². The van der Waals surface area contributed by atoms with Crippen LogP contribution in [0.4, 0.5) is 4.39 Å². The summed E-state index contributed by atoms with van der Waals surface area (Å²) in [4.78, 5) is 0. The fourth-order valence-electron chi connectivity index (χ4n) is 4.72. The average molecular weight is 429 g/mol. The quantitative estimate of drug-likeness (QED) is 0.614. The molecule has 0 spiro atoms. The number of halogens is 1. The predicted molar refractivity (Wildman–Crippen MR) is 105 cm³/mol. The molecule has 1 aliphatic carbocycles. The first kappa shape index (κ1) is 21.0. The molecule has 0 radical (unpaired) electrons. The van der Waals surface area contributed by atoms with Gasteiger partial charge in [0.25, 0.3) is 10.1 Å². The van der Waals surface area contributed by atoms with E-state index in [1.165, 1.54) is 6.07 Å². The van der Waals surface area contributed by atoms with Crippen molar-refractivity contribution in [3.63, 3.8) is 0 Å². The molecule has 1 atom stereocenters. The number of hydrogen-bond donors (Lipinski definition) is 0. The van der Waals surface area contributed by atoms with Gasteiger partial charge in [-0.05, 0) is 68.1 Å². The van der Waals surface area contributed by atoms with Crippen molar-refractivity contribution in [3.8, 4) is 5.75 Å². The van der Waals surface area contributed by atoms with Gasteiger partial charge in [0.15, 0.2) is 6.29 Å². The number of ether oxygens (including phenoxy) is 3. The summed E-state index contributed by atoms with van der Waals surface area (Å²) in [6, 6.07) is 4.82. The third kappa shape index (κ3) is 4.93. The molecule has 162 valence electrons. The maximum Gasteiger partial charge on any atom is 0.264 e. The van der Waals surface area contributed by atoms with Crippen molar-refractivity contribution in [2.24, 2.45) is 5.41 Å². The molecule has 1 unspecified atom stereocenters. The first-order chi connectivity index (χ1) is 13.8. The van der Waals surface area contributed by atoms with E-state index in [1.54, 1.807) is 6.07 Å². The Hall–Kier alpha value is -1.22. The summed E-state index contributed by atoms with van der Waals surface area (Å²) in [6.45, 7) is 1.37. The molecule has 3 saturated heterocycles. The lowest BCUT2D eigenvalue weighted by molar-refractivity contribution is -0.193. The molecule has 0 aromatic heterocycles. The molecule has 0 amide bonds. The van der Waals surface area contributed by atoms with Crippen LogP contribution in [-0.2, 0) is 29.4 Å². The van der Waals surface area contributed by atoms with Gasteiger partial charge in [0.1, 0.15) is 11.6 Å². The van der Waals surface area contributed by atoms with Crippen LogP contribution in [0.1, 0.15) is 56.9 Å². The van der Waals surface area contributed by atoms with Gasteiger partial charge >= 0.3 is 0 Å². The molecule has 4 aliphatic rings. The summed E-state index contributed by atoms with van der Waals surface area (Å²) in [5.41, 5.74) is 0.242. The van der Waals surface area contributed by atoms with Crippen molar-refractivity contribution in [3.05, 3.63) is 29.6 Å². The molecule has 1 saturated carbocycles. The van der Waals surface area contributed by atoms with Crippen LogP contribution in [0.15, 0.2) is 18.2 Å². The number of hydrogen-bond acceptors (Lipinski definition) is 6. The monoisotopic (exact) mass is 428 g/mol. The highest BCUT2D eigenvalue weighted by atomic mass is 32.2. The van der Waals surface area contributed by atoms with Gasteiger partial charge in [0.05, 0.1) is 31.7 Å². The normalized spacial score (nSPS) is 32.3. The van der Waals surface area contributed by atoms with Crippen LogP contribution in [-0.4, -0.2) is 40.8 Å². The Bertz CT molecular complexity index is 809. The highest BCUT2D eigenvalue weighted by Crippen LogP contribution is 2.55. The Balaban J connectivity index is 1.43. The Morgan fingerprint density at radius 3 is 2.59 bits per heavy atom. The van der Waals surface area contributed by atoms with Gasteiger partial charge in [-0.3, -0.25) is 4.18 Å². The van der Waals surface area contributed by atoms with Crippen LogP contribution in [0, 0.1) is 11.2 Å². The smallest absolute Gasteiger partial charge is 0.264 e.